The Morgan fingerprint density at radius 1 is 1.28 bits per heavy atom. The normalized spacial score (nSPS) is 12.1. The fourth-order valence-corrected chi connectivity index (χ4v) is 2.48. The first-order valence-corrected chi connectivity index (χ1v) is 7.04. The lowest BCUT2D eigenvalue weighted by atomic mass is 10.2. The van der Waals surface area contributed by atoms with E-state index in [-0.39, 0.29) is 6.04 Å². The molecule has 1 N–H and O–H groups in total. The molecule has 0 spiro atoms. The van der Waals surface area contributed by atoms with Crippen molar-refractivity contribution in [3.63, 3.8) is 0 Å². The molecular weight excluding hydrogens is 242 g/mol. The van der Waals surface area contributed by atoms with Gasteiger partial charge in [-0.2, -0.15) is 0 Å². The molecule has 1 unspecified atom stereocenters. The van der Waals surface area contributed by atoms with E-state index in [1.54, 1.807) is 18.6 Å². The van der Waals surface area contributed by atoms with Gasteiger partial charge < -0.3 is 5.32 Å². The highest BCUT2D eigenvalue weighted by Gasteiger charge is 2.09. The second-order valence-electron chi connectivity index (χ2n) is 3.93. The van der Waals surface area contributed by atoms with Gasteiger partial charge in [0.2, 0.25) is 0 Å². The highest BCUT2D eigenvalue weighted by molar-refractivity contribution is 7.99. The van der Waals surface area contributed by atoms with Crippen LogP contribution in [0.15, 0.2) is 47.8 Å². The summed E-state index contributed by atoms with van der Waals surface area (Å²) in [7, 11) is 0. The van der Waals surface area contributed by atoms with Crippen LogP contribution in [0.2, 0.25) is 0 Å². The Kier molecular flexibility index (Phi) is 4.59. The molecule has 0 radical (unpaired) electrons. The van der Waals surface area contributed by atoms with Gasteiger partial charge in [-0.05, 0) is 24.8 Å². The molecule has 4 heteroatoms. The Bertz CT molecular complexity index is 487. The first-order chi connectivity index (χ1) is 8.81. The van der Waals surface area contributed by atoms with Crippen LogP contribution in [0.4, 0.5) is 5.69 Å². The van der Waals surface area contributed by atoms with Gasteiger partial charge in [0.05, 0.1) is 17.9 Å². The lowest BCUT2D eigenvalue weighted by molar-refractivity contribution is 0.824. The SMILES string of the molecule is CCSc1ccccc1NC(C)c1cnccn1. The fourth-order valence-electron chi connectivity index (χ4n) is 1.71. The maximum atomic E-state index is 4.32. The molecule has 3 nitrogen and oxygen atoms in total. The van der Waals surface area contributed by atoms with Crippen molar-refractivity contribution in [1.29, 1.82) is 0 Å². The molecule has 18 heavy (non-hydrogen) atoms. The third kappa shape index (κ3) is 3.23. The number of hydrogen-bond acceptors (Lipinski definition) is 4. The Hall–Kier alpha value is -1.55. The van der Waals surface area contributed by atoms with Gasteiger partial charge in [-0.25, -0.2) is 0 Å². The van der Waals surface area contributed by atoms with Crippen LogP contribution < -0.4 is 5.32 Å². The van der Waals surface area contributed by atoms with E-state index in [4.69, 9.17) is 0 Å². The molecule has 94 valence electrons. The van der Waals surface area contributed by atoms with E-state index in [0.717, 1.165) is 17.1 Å². The smallest absolute Gasteiger partial charge is 0.0806 e. The molecule has 2 aromatic rings. The van der Waals surface area contributed by atoms with Crippen LogP contribution >= 0.6 is 11.8 Å². The molecule has 0 aliphatic heterocycles. The Morgan fingerprint density at radius 2 is 2.11 bits per heavy atom. The summed E-state index contributed by atoms with van der Waals surface area (Å²) in [5, 5.41) is 3.49. The largest absolute Gasteiger partial charge is 0.376 e. The van der Waals surface area contributed by atoms with Crippen molar-refractivity contribution in [2.45, 2.75) is 24.8 Å². The van der Waals surface area contributed by atoms with Gasteiger partial charge in [-0.3, -0.25) is 9.97 Å². The molecular formula is C14H17N3S. The minimum Gasteiger partial charge on any atom is -0.376 e. The molecule has 2 rings (SSSR count). The van der Waals surface area contributed by atoms with Crippen molar-refractivity contribution in [2.24, 2.45) is 0 Å². The number of nitrogens with zero attached hydrogens (tertiary/aromatic N) is 2. The first kappa shape index (κ1) is 12.9. The van der Waals surface area contributed by atoms with Crippen molar-refractivity contribution in [3.8, 4) is 0 Å². The van der Waals surface area contributed by atoms with Gasteiger partial charge in [-0.1, -0.05) is 19.1 Å². The highest BCUT2D eigenvalue weighted by Crippen LogP contribution is 2.29. The monoisotopic (exact) mass is 259 g/mol. The van der Waals surface area contributed by atoms with Gasteiger partial charge >= 0.3 is 0 Å². The maximum Gasteiger partial charge on any atom is 0.0806 e. The third-order valence-electron chi connectivity index (χ3n) is 2.59. The third-order valence-corrected chi connectivity index (χ3v) is 3.54. The highest BCUT2D eigenvalue weighted by atomic mass is 32.2. The summed E-state index contributed by atoms with van der Waals surface area (Å²) in [5.41, 5.74) is 2.11. The number of aromatic nitrogens is 2. The van der Waals surface area contributed by atoms with E-state index < -0.39 is 0 Å². The van der Waals surface area contributed by atoms with Crippen LogP contribution in [-0.2, 0) is 0 Å². The summed E-state index contributed by atoms with van der Waals surface area (Å²) < 4.78 is 0. The minimum atomic E-state index is 0.150. The van der Waals surface area contributed by atoms with Crippen molar-refractivity contribution in [1.82, 2.24) is 9.97 Å². The summed E-state index contributed by atoms with van der Waals surface area (Å²) >= 11 is 1.84. The molecule has 1 aromatic carbocycles. The van der Waals surface area contributed by atoms with E-state index in [2.05, 4.69) is 47.3 Å². The van der Waals surface area contributed by atoms with E-state index in [9.17, 15) is 0 Å². The minimum absolute atomic E-state index is 0.150. The van der Waals surface area contributed by atoms with Crippen molar-refractivity contribution in [2.75, 3.05) is 11.1 Å². The Labute approximate surface area is 112 Å². The zero-order chi connectivity index (χ0) is 12.8. The number of nitrogens with one attached hydrogen (secondary N) is 1. The van der Waals surface area contributed by atoms with Crippen LogP contribution in [0, 0.1) is 0 Å². The molecule has 0 fully saturated rings. The first-order valence-electron chi connectivity index (χ1n) is 6.05. The number of hydrogen-bond donors (Lipinski definition) is 1. The lowest BCUT2D eigenvalue weighted by Crippen LogP contribution is -2.09. The summed E-state index contributed by atoms with van der Waals surface area (Å²) in [5.74, 6) is 1.07. The zero-order valence-electron chi connectivity index (χ0n) is 10.6. The van der Waals surface area contributed by atoms with Crippen molar-refractivity contribution < 1.29 is 0 Å². The van der Waals surface area contributed by atoms with Crippen LogP contribution in [0.25, 0.3) is 0 Å². The molecule has 0 saturated carbocycles. The molecule has 0 amide bonds. The average Bonchev–Trinajstić information content (AvgIpc) is 2.42. The van der Waals surface area contributed by atoms with E-state index in [0.29, 0.717) is 0 Å². The van der Waals surface area contributed by atoms with E-state index in [1.807, 2.05) is 17.8 Å². The van der Waals surface area contributed by atoms with Gasteiger partial charge in [0.1, 0.15) is 0 Å². The zero-order valence-corrected chi connectivity index (χ0v) is 11.4. The maximum absolute atomic E-state index is 4.32. The number of anilines is 1. The van der Waals surface area contributed by atoms with Gasteiger partial charge in [-0.15, -0.1) is 11.8 Å². The Balaban J connectivity index is 2.14. The summed E-state index contributed by atoms with van der Waals surface area (Å²) in [6.45, 7) is 4.25. The van der Waals surface area contributed by atoms with Crippen LogP contribution in [0.1, 0.15) is 25.6 Å². The second kappa shape index (κ2) is 6.40. The number of para-hydroxylation sites is 1. The molecule has 1 heterocycles. The number of benzene rings is 1. The molecule has 0 saturated heterocycles. The van der Waals surface area contributed by atoms with Gasteiger partial charge in [0.25, 0.3) is 0 Å². The van der Waals surface area contributed by atoms with E-state index in [1.165, 1.54) is 4.90 Å². The number of rotatable bonds is 5. The van der Waals surface area contributed by atoms with Crippen LogP contribution in [-0.4, -0.2) is 15.7 Å². The second-order valence-corrected chi connectivity index (χ2v) is 5.23. The van der Waals surface area contributed by atoms with Gasteiger partial charge in [0, 0.05) is 23.0 Å². The molecule has 0 aliphatic carbocycles. The van der Waals surface area contributed by atoms with E-state index >= 15 is 0 Å². The molecule has 0 aliphatic rings. The number of thioether (sulfide) groups is 1. The van der Waals surface area contributed by atoms with Crippen LogP contribution in [0.5, 0.6) is 0 Å². The topological polar surface area (TPSA) is 37.8 Å². The summed E-state index contributed by atoms with van der Waals surface area (Å²) in [4.78, 5) is 9.69. The molecule has 1 aromatic heterocycles. The quantitative estimate of drug-likeness (QED) is 0.830. The van der Waals surface area contributed by atoms with Crippen LogP contribution in [0.3, 0.4) is 0 Å². The predicted octanol–water partition coefficient (Wildman–Crippen LogP) is 3.76. The average molecular weight is 259 g/mol. The Morgan fingerprint density at radius 3 is 2.83 bits per heavy atom. The van der Waals surface area contributed by atoms with Gasteiger partial charge in [0.15, 0.2) is 0 Å². The summed E-state index contributed by atoms with van der Waals surface area (Å²) in [6.07, 6.45) is 5.21. The van der Waals surface area contributed by atoms with Crippen molar-refractivity contribution in [3.05, 3.63) is 48.5 Å². The summed E-state index contributed by atoms with van der Waals surface area (Å²) in [6, 6.07) is 8.50. The molecule has 1 atom stereocenters. The lowest BCUT2D eigenvalue weighted by Gasteiger charge is -2.16. The standard InChI is InChI=1S/C14H17N3S/c1-3-18-14-7-5-4-6-12(14)17-11(2)13-10-15-8-9-16-13/h4-11,17H,3H2,1-2H3. The fraction of sp³-hybridized carbons (Fsp3) is 0.286. The molecule has 0 bridgehead atoms. The van der Waals surface area contributed by atoms with Crippen molar-refractivity contribution >= 4 is 17.4 Å². The predicted molar refractivity (Wildman–Crippen MR) is 76.9 cm³/mol.